The van der Waals surface area contributed by atoms with Gasteiger partial charge in [0.25, 0.3) is 6.71 Å². The van der Waals surface area contributed by atoms with E-state index in [9.17, 15) is 0 Å². The molecule has 54 heavy (non-hydrogen) atoms. The zero-order valence-electron chi connectivity index (χ0n) is 31.5. The molecule has 1 aromatic heterocycles. The van der Waals surface area contributed by atoms with Crippen molar-refractivity contribution in [2.75, 3.05) is 4.90 Å². The predicted octanol–water partition coefficient (Wildman–Crippen LogP) is 11.6. The maximum Gasteiger partial charge on any atom is 0.252 e. The van der Waals surface area contributed by atoms with Gasteiger partial charge in [-0.15, -0.1) is 0 Å². The summed E-state index contributed by atoms with van der Waals surface area (Å²) in [5.74, 6) is 1.80. The Balaban J connectivity index is 1.36. The highest BCUT2D eigenvalue weighted by atomic mass is 16.5. The molecule has 0 N–H and O–H groups in total. The normalized spacial score (nSPS) is 14.2. The molecule has 0 saturated heterocycles. The number of para-hydroxylation sites is 3. The summed E-state index contributed by atoms with van der Waals surface area (Å²) in [4.78, 5) is 2.51. The van der Waals surface area contributed by atoms with Gasteiger partial charge in [0.1, 0.15) is 0 Å². The van der Waals surface area contributed by atoms with Gasteiger partial charge in [0.2, 0.25) is 0 Å². The standard InChI is InChI=1S/C50H39BN2O/c1-49(2,3)28-22-23-34-39(24-28)53-41-26-29(50(4,5)6)25-40-46(41)51(36-18-13-21-43-47(36)52(40)38-19-11-12-20-42(38)54-43)37-27-35-32-16-8-7-14-30(32)31-15-9-10-17-33(31)44(35)45(34)48(37)53/h7-27H,1-6H3. The maximum atomic E-state index is 6.74. The fourth-order valence-corrected chi connectivity index (χ4v) is 10.1. The molecule has 4 heterocycles. The molecule has 3 nitrogen and oxygen atoms in total. The average molecular weight is 695 g/mol. The molecule has 0 spiro atoms. The van der Waals surface area contributed by atoms with Crippen LogP contribution >= 0.6 is 0 Å². The Morgan fingerprint density at radius 3 is 1.89 bits per heavy atom. The van der Waals surface area contributed by atoms with Crippen LogP contribution in [0.5, 0.6) is 11.5 Å². The molecule has 258 valence electrons. The predicted molar refractivity (Wildman–Crippen MR) is 230 cm³/mol. The minimum atomic E-state index is -0.0793. The monoisotopic (exact) mass is 694 g/mol. The highest BCUT2D eigenvalue weighted by Crippen LogP contribution is 2.53. The summed E-state index contributed by atoms with van der Waals surface area (Å²) in [5, 5.41) is 10.5. The van der Waals surface area contributed by atoms with Gasteiger partial charge in [-0.1, -0.05) is 133 Å². The fraction of sp³-hybridized carbons (Fsp3) is 0.160. The Hall–Kier alpha value is -6.00. The van der Waals surface area contributed by atoms with Crippen molar-refractivity contribution in [3.63, 3.8) is 0 Å². The highest BCUT2D eigenvalue weighted by Gasteiger charge is 2.46. The molecule has 0 radical (unpaired) electrons. The van der Waals surface area contributed by atoms with E-state index in [2.05, 4.69) is 178 Å². The van der Waals surface area contributed by atoms with E-state index in [0.29, 0.717) is 0 Å². The fourth-order valence-electron chi connectivity index (χ4n) is 10.1. The van der Waals surface area contributed by atoms with Crippen molar-refractivity contribution in [1.82, 2.24) is 4.57 Å². The van der Waals surface area contributed by atoms with Crippen molar-refractivity contribution < 1.29 is 4.74 Å². The van der Waals surface area contributed by atoms with E-state index in [1.54, 1.807) is 0 Å². The summed E-state index contributed by atoms with van der Waals surface area (Å²) in [6, 6.07) is 48.1. The van der Waals surface area contributed by atoms with Crippen LogP contribution in [0.4, 0.5) is 17.1 Å². The van der Waals surface area contributed by atoms with Gasteiger partial charge in [0, 0.05) is 27.5 Å². The van der Waals surface area contributed by atoms with Crippen LogP contribution in [0.15, 0.2) is 127 Å². The number of hydrogen-bond donors (Lipinski definition) is 0. The van der Waals surface area contributed by atoms with E-state index >= 15 is 0 Å². The van der Waals surface area contributed by atoms with E-state index in [0.717, 1.165) is 22.9 Å². The van der Waals surface area contributed by atoms with Gasteiger partial charge in [-0.25, -0.2) is 0 Å². The lowest BCUT2D eigenvalue weighted by molar-refractivity contribution is 0.477. The summed E-state index contributed by atoms with van der Waals surface area (Å²) in [5.41, 5.74) is 14.0. The Bertz CT molecular complexity index is 3170. The number of aromatic nitrogens is 1. The zero-order valence-corrected chi connectivity index (χ0v) is 31.5. The van der Waals surface area contributed by atoms with Gasteiger partial charge in [0.05, 0.1) is 22.4 Å². The molecule has 0 saturated carbocycles. The van der Waals surface area contributed by atoms with E-state index in [1.165, 1.54) is 93.0 Å². The molecule has 9 aromatic rings. The summed E-state index contributed by atoms with van der Waals surface area (Å²) < 4.78 is 9.40. The lowest BCUT2D eigenvalue weighted by Crippen LogP contribution is -2.60. The molecule has 8 aromatic carbocycles. The van der Waals surface area contributed by atoms with Crippen molar-refractivity contribution >= 4 is 94.3 Å². The number of fused-ring (bicyclic) bond motifs is 16. The van der Waals surface area contributed by atoms with Crippen LogP contribution in [-0.4, -0.2) is 11.3 Å². The van der Waals surface area contributed by atoms with E-state index in [4.69, 9.17) is 4.74 Å². The van der Waals surface area contributed by atoms with Crippen LogP contribution in [0.3, 0.4) is 0 Å². The smallest absolute Gasteiger partial charge is 0.252 e. The first-order valence-electron chi connectivity index (χ1n) is 19.3. The van der Waals surface area contributed by atoms with Crippen molar-refractivity contribution in [1.29, 1.82) is 0 Å². The molecule has 0 unspecified atom stereocenters. The number of nitrogens with zero attached hydrogens (tertiary/aromatic N) is 2. The third-order valence-corrected chi connectivity index (χ3v) is 12.6. The molecular formula is C50H39BN2O. The Kier molecular flexibility index (Phi) is 5.61. The van der Waals surface area contributed by atoms with Crippen LogP contribution in [0.1, 0.15) is 52.7 Å². The van der Waals surface area contributed by atoms with Crippen LogP contribution in [-0.2, 0) is 10.8 Å². The van der Waals surface area contributed by atoms with Gasteiger partial charge < -0.3 is 14.2 Å². The van der Waals surface area contributed by atoms with Gasteiger partial charge >= 0.3 is 0 Å². The molecule has 3 aliphatic heterocycles. The first-order valence-corrected chi connectivity index (χ1v) is 19.3. The van der Waals surface area contributed by atoms with E-state index in [-0.39, 0.29) is 17.5 Å². The second kappa shape index (κ2) is 9.95. The van der Waals surface area contributed by atoms with Crippen LogP contribution < -0.4 is 26.0 Å². The lowest BCUT2D eigenvalue weighted by atomic mass is 9.33. The van der Waals surface area contributed by atoms with E-state index < -0.39 is 0 Å². The lowest BCUT2D eigenvalue weighted by Gasteiger charge is -2.44. The summed E-state index contributed by atoms with van der Waals surface area (Å²) in [7, 11) is 0. The van der Waals surface area contributed by atoms with Crippen LogP contribution in [0.2, 0.25) is 0 Å². The van der Waals surface area contributed by atoms with Crippen molar-refractivity contribution in [2.24, 2.45) is 0 Å². The number of hydrogen-bond acceptors (Lipinski definition) is 2. The summed E-state index contributed by atoms with van der Waals surface area (Å²) >= 11 is 0. The third-order valence-electron chi connectivity index (χ3n) is 12.6. The molecule has 12 rings (SSSR count). The molecule has 3 aliphatic rings. The van der Waals surface area contributed by atoms with Crippen molar-refractivity contribution in [3.8, 4) is 17.2 Å². The second-order valence-electron chi connectivity index (χ2n) is 17.7. The van der Waals surface area contributed by atoms with E-state index in [1.807, 2.05) is 0 Å². The molecular weight excluding hydrogens is 655 g/mol. The van der Waals surface area contributed by atoms with Gasteiger partial charge in [0.15, 0.2) is 11.5 Å². The quantitative estimate of drug-likeness (QED) is 0.116. The number of rotatable bonds is 0. The summed E-state index contributed by atoms with van der Waals surface area (Å²) in [6.07, 6.45) is 0. The van der Waals surface area contributed by atoms with Gasteiger partial charge in [-0.05, 0) is 102 Å². The minimum Gasteiger partial charge on any atom is -0.453 e. The van der Waals surface area contributed by atoms with Gasteiger partial charge in [-0.3, -0.25) is 0 Å². The topological polar surface area (TPSA) is 17.4 Å². The molecule has 0 amide bonds. The third kappa shape index (κ3) is 3.73. The molecule has 0 bridgehead atoms. The van der Waals surface area contributed by atoms with Gasteiger partial charge in [-0.2, -0.15) is 0 Å². The van der Waals surface area contributed by atoms with Crippen LogP contribution in [0, 0.1) is 0 Å². The molecule has 0 aliphatic carbocycles. The molecule has 0 fully saturated rings. The Morgan fingerprint density at radius 1 is 0.481 bits per heavy atom. The molecule has 0 atom stereocenters. The van der Waals surface area contributed by atoms with Crippen molar-refractivity contribution in [2.45, 2.75) is 52.4 Å². The Morgan fingerprint density at radius 2 is 1.13 bits per heavy atom. The SMILES string of the molecule is CC(C)(C)c1cc2c3c(c1)-n1c4cc(C(C)(C)C)ccc4c4c5c6ccccc6c6ccccc6c5cc(c41)B3c1cccc3c1N2c1ccccc1O3. The summed E-state index contributed by atoms with van der Waals surface area (Å²) in [6.45, 7) is 14.0. The number of ether oxygens (including phenoxy) is 1. The zero-order chi connectivity index (χ0) is 36.4. The first-order chi connectivity index (χ1) is 26.1. The first kappa shape index (κ1) is 30.5. The van der Waals surface area contributed by atoms with Crippen LogP contribution in [0.25, 0.3) is 59.8 Å². The maximum absolute atomic E-state index is 6.74. The largest absolute Gasteiger partial charge is 0.453 e. The molecule has 4 heteroatoms. The number of anilines is 3. The van der Waals surface area contributed by atoms with Crippen molar-refractivity contribution in [3.05, 3.63) is 139 Å². The average Bonchev–Trinajstić information content (AvgIpc) is 3.51. The number of benzene rings is 8. The highest BCUT2D eigenvalue weighted by molar-refractivity contribution is 7.00. The minimum absolute atomic E-state index is 0.00450. The Labute approximate surface area is 315 Å². The second-order valence-corrected chi connectivity index (χ2v) is 17.7.